The number of nitrogens with zero attached hydrogens (tertiary/aromatic N) is 4. The average Bonchev–Trinajstić information content (AvgIpc) is 1.33. The fraction of sp³-hybridized carbons (Fsp3) is 0.485. The summed E-state index contributed by atoms with van der Waals surface area (Å²) >= 11 is 10.8. The van der Waals surface area contributed by atoms with E-state index in [0.29, 0.717) is 37.7 Å². The fourth-order valence-corrected chi connectivity index (χ4v) is 19.8. The molecule has 8 aromatic carbocycles. The summed E-state index contributed by atoms with van der Waals surface area (Å²) in [5.74, 6) is 11.1. The van der Waals surface area contributed by atoms with Gasteiger partial charge in [-0.1, -0.05) is 121 Å². The summed E-state index contributed by atoms with van der Waals surface area (Å²) < 4.78 is 68.6. The number of hydrogen-bond donors (Lipinski definition) is 7. The Morgan fingerprint density at radius 1 is 0.456 bits per heavy atom. The summed E-state index contributed by atoms with van der Waals surface area (Å²) in [4.78, 5) is 80.2. The number of likely N-dealkylation sites (tertiary alicyclic amines) is 4. The van der Waals surface area contributed by atoms with Gasteiger partial charge in [-0.2, -0.15) is 0 Å². The maximum Gasteiger partial charge on any atom is 1.00 e. The molecule has 736 valence electrons. The van der Waals surface area contributed by atoms with Crippen LogP contribution in [-0.4, -0.2) is 219 Å². The van der Waals surface area contributed by atoms with Crippen molar-refractivity contribution in [2.45, 2.75) is 228 Å². The Labute approximate surface area is 849 Å². The number of hydrogen-bond acceptors (Lipinski definition) is 27. The first-order valence-corrected chi connectivity index (χ1v) is 52.8. The molecule has 9 heterocycles. The zero-order valence-electron chi connectivity index (χ0n) is 79.5. The number of halogens is 1. The maximum absolute atomic E-state index is 13.0. The van der Waals surface area contributed by atoms with E-state index < -0.39 is 27.8 Å². The number of carbonyl (C=O) groups is 5. The molecule has 8 aromatic rings. The number of nitrogens with two attached hydrogens (primary N) is 1. The number of carboxylic acid groups (broad SMARTS) is 1. The van der Waals surface area contributed by atoms with Gasteiger partial charge in [-0.3, -0.25) is 53.6 Å². The van der Waals surface area contributed by atoms with Crippen LogP contribution in [0.15, 0.2) is 238 Å². The zero-order chi connectivity index (χ0) is 95.1. The van der Waals surface area contributed by atoms with E-state index >= 15 is 0 Å². The van der Waals surface area contributed by atoms with Crippen molar-refractivity contribution in [1.29, 1.82) is 0 Å². The molecule has 9 fully saturated rings. The number of alkyl halides is 1. The molecule has 0 saturated carbocycles. The smallest absolute Gasteiger partial charge is 1.00 e. The number of piperidine rings is 5. The fourth-order valence-electron chi connectivity index (χ4n) is 16.2. The molecule has 7 unspecified atom stereocenters. The third-order valence-corrected chi connectivity index (χ3v) is 28.6. The van der Waals surface area contributed by atoms with Crippen molar-refractivity contribution in [1.82, 2.24) is 35.9 Å². The van der Waals surface area contributed by atoms with Crippen LogP contribution in [0.2, 0.25) is 0 Å². The number of hydroxylamine groups is 2. The molecule has 9 saturated heterocycles. The third-order valence-electron chi connectivity index (χ3n) is 23.6. The maximum atomic E-state index is 13.0. The number of benzene rings is 8. The molecule has 136 heavy (non-hydrogen) atoms. The van der Waals surface area contributed by atoms with Gasteiger partial charge in [-0.25, -0.2) is 30.1 Å². The van der Waals surface area contributed by atoms with Crippen molar-refractivity contribution >= 4 is 91.6 Å². The molecule has 27 nitrogen and oxygen atoms in total. The molecule has 33 heteroatoms. The van der Waals surface area contributed by atoms with Crippen molar-refractivity contribution in [3.63, 3.8) is 0 Å². The zero-order valence-corrected chi connectivity index (χ0v) is 85.4. The van der Waals surface area contributed by atoms with Gasteiger partial charge in [0.15, 0.2) is 22.4 Å². The minimum atomic E-state index is -3.57. The molecule has 0 radical (unpaired) electrons. The second-order valence-electron chi connectivity index (χ2n) is 33.7. The minimum Gasteiger partial charge on any atom is -1.00 e. The molecular formula is C103H138BrN8NaO19S4. The topological polar surface area (TPSA) is 327 Å². The van der Waals surface area contributed by atoms with Crippen molar-refractivity contribution in [3.8, 4) is 46.0 Å². The molecule has 0 aromatic heterocycles. The summed E-state index contributed by atoms with van der Waals surface area (Å²) in [6.45, 7) is 12.6. The Kier molecular flexibility index (Phi) is 53.8. The van der Waals surface area contributed by atoms with E-state index in [0.717, 1.165) is 211 Å². The van der Waals surface area contributed by atoms with Crippen LogP contribution >= 0.6 is 52.1 Å². The van der Waals surface area contributed by atoms with Gasteiger partial charge in [0.25, 0.3) is 11.8 Å². The molecular weight excluding hydrogens is 1880 g/mol. The number of nitrogens with one attached hydrogen (secondary N) is 3. The number of carbonyl (C=O) groups excluding carboxylic acids is 4. The molecule has 17 rings (SSSR count). The number of para-hydroxylation sites is 4. The van der Waals surface area contributed by atoms with Crippen LogP contribution < -0.4 is 70.7 Å². The van der Waals surface area contributed by atoms with Crippen LogP contribution in [0.1, 0.15) is 168 Å². The number of esters is 2. The number of cyclic esters (lactones) is 2. The second-order valence-corrected chi connectivity index (χ2v) is 39.8. The number of thiol groups is 1. The van der Waals surface area contributed by atoms with Crippen molar-refractivity contribution in [2.24, 2.45) is 5.90 Å². The average molecular weight is 2020 g/mol. The van der Waals surface area contributed by atoms with E-state index in [1.807, 2.05) is 187 Å². The van der Waals surface area contributed by atoms with Crippen LogP contribution in [-0.2, 0) is 62.4 Å². The second kappa shape index (κ2) is 65.4. The normalized spacial score (nSPS) is 19.7. The molecule has 9 aliphatic rings. The van der Waals surface area contributed by atoms with E-state index in [2.05, 4.69) is 75.8 Å². The molecule has 7 N–H and O–H groups in total. The molecule has 2 amide bonds. The molecule has 0 spiro atoms. The summed E-state index contributed by atoms with van der Waals surface area (Å²) in [6, 6.07) is 67.2. The van der Waals surface area contributed by atoms with Gasteiger partial charge in [0.2, 0.25) is 0 Å². The Bertz CT molecular complexity index is 4720. The van der Waals surface area contributed by atoms with Crippen molar-refractivity contribution in [2.75, 3.05) is 109 Å². The molecule has 0 aliphatic carbocycles. The Hall–Kier alpha value is -7.65. The summed E-state index contributed by atoms with van der Waals surface area (Å²) in [5.41, 5.74) is 4.37. The summed E-state index contributed by atoms with van der Waals surface area (Å²) in [7, 11) is -3.57. The first kappa shape index (κ1) is 112. The Morgan fingerprint density at radius 3 is 1.18 bits per heavy atom. The molecule has 7 atom stereocenters. The van der Waals surface area contributed by atoms with E-state index in [1.165, 1.54) is 87.9 Å². The number of carboxylic acids is 1. The van der Waals surface area contributed by atoms with Crippen LogP contribution in [0.3, 0.4) is 0 Å². The molecule has 0 bridgehead atoms. The van der Waals surface area contributed by atoms with E-state index in [4.69, 9.17) is 49.1 Å². The number of ether oxygens (including phenoxy) is 8. The quantitative estimate of drug-likeness (QED) is 0.00418. The number of amides is 2. The SMILES string of the molecule is C1CCNCC1.NOC1CCCCO1.O=C(NO)C(CCS(=O)(=O)c1ccc(Oc2ccccc2)cc1)N1CCCCC1.O=C(NOC1CCCCO1)C(CCSc1ccc(Oc2ccccc2)cc1)N1CCCCC1.O=C(O)C(CCSc1ccc(Oc2ccccc2)cc1)N1CCCCC1.O=C1OCCC1Br.O=C1OCCC1N1CCCCC1.Sc1ccc(Oc2ccccc2)cc1.[H-].[Na+]. The number of sulfone groups is 1. The number of rotatable bonds is 30. The van der Waals surface area contributed by atoms with Crippen LogP contribution in [0.4, 0.5) is 0 Å². The standard InChI is InChI=1S/C26H34N2O4S.C21H26N2O5S.C21H25NO3S.C12H10OS.C9H15NO2.C5H11NO2.C5H11N.C4H5BrO2.Na.H/c29-26(27-32-25-11-5-8-19-30-25)24(28-17-6-2-7-18-28)16-20-33-23-14-12-22(13-15-23)31-21-9-3-1-4-10-21;24-21(22-25)20(23-14-5-2-6-15-23)13-16-29(26,27)19-11-9-18(10-12-19)28-17-7-3-1-4-8-17;23-21(24)20(22-14-5-2-6-15-22)13-16-26-19-11-9-18(10-12-19)25-17-7-3-1-4-8-17;14-12-8-6-11(7-9-12)13-10-4-2-1-3-5-10;11-9-8(4-7-12-9)10-5-2-1-3-6-10;6-8-5-3-1-2-4-7-5;1-2-4-6-5-3-1;5-3-1-2-7-4(3)6;;/h1,3-4,9-10,12-15,24-25H,2,5-8,11,16-20H2,(H,27,29);1,3-4,7-12,20,25H,2,5-6,13-16H2,(H,22,24);1,3-4,7-12,20H,2,5-6,13-16H2,(H,23,24);1-9,14H;8H,1-7H2;5H,1-4,6H2;6H,1-5H2;3H,1-2H2;;/q;;;;;;;;+1;-1. The van der Waals surface area contributed by atoms with Crippen molar-refractivity contribution in [3.05, 3.63) is 218 Å². The van der Waals surface area contributed by atoms with Gasteiger partial charge < -0.3 is 49.7 Å². The van der Waals surface area contributed by atoms with Crippen LogP contribution in [0.25, 0.3) is 0 Å². The molecule has 9 aliphatic heterocycles. The number of thioether (sulfide) groups is 2. The first-order chi connectivity index (χ1) is 65.9. The Morgan fingerprint density at radius 2 is 0.831 bits per heavy atom. The van der Waals surface area contributed by atoms with Gasteiger partial charge in [-0.15, -0.1) is 36.2 Å². The van der Waals surface area contributed by atoms with Gasteiger partial charge >= 0.3 is 47.5 Å². The summed E-state index contributed by atoms with van der Waals surface area (Å²) in [5, 5.41) is 21.9. The minimum absolute atomic E-state index is 0. The van der Waals surface area contributed by atoms with E-state index in [9.17, 15) is 37.5 Å². The van der Waals surface area contributed by atoms with Crippen LogP contribution in [0.5, 0.6) is 46.0 Å². The number of aliphatic carboxylic acids is 1. The van der Waals surface area contributed by atoms with Gasteiger partial charge in [-0.05, 0) is 320 Å². The van der Waals surface area contributed by atoms with Gasteiger partial charge in [0, 0.05) is 65.1 Å². The Balaban J connectivity index is 0.000000204. The monoisotopic (exact) mass is 2020 g/mol. The predicted molar refractivity (Wildman–Crippen MR) is 534 cm³/mol. The van der Waals surface area contributed by atoms with Gasteiger partial charge in [0.05, 0.1) is 35.9 Å². The summed E-state index contributed by atoms with van der Waals surface area (Å²) in [6.07, 6.45) is 27.0. The predicted octanol–water partition coefficient (Wildman–Crippen LogP) is 16.8. The van der Waals surface area contributed by atoms with Crippen molar-refractivity contribution < 1.29 is 121 Å². The largest absolute Gasteiger partial charge is 1.00 e. The van der Waals surface area contributed by atoms with Gasteiger partial charge in [0.1, 0.15) is 62.9 Å². The van der Waals surface area contributed by atoms with E-state index in [1.54, 1.807) is 41.1 Å². The van der Waals surface area contributed by atoms with Crippen LogP contribution in [0, 0.1) is 0 Å². The third kappa shape index (κ3) is 42.8. The first-order valence-electron chi connectivity index (χ1n) is 47.8. The van der Waals surface area contributed by atoms with E-state index in [-0.39, 0.29) is 101 Å².